The minimum atomic E-state index is 0.820. The van der Waals surface area contributed by atoms with Gasteiger partial charge in [-0.1, -0.05) is 29.8 Å². The molecule has 110 valence electrons. The Morgan fingerprint density at radius 3 is 2.41 bits per heavy atom. The second-order valence-corrected chi connectivity index (χ2v) is 6.14. The van der Waals surface area contributed by atoms with Gasteiger partial charge in [0.2, 0.25) is 0 Å². The number of aryl methyl sites for hydroxylation is 1. The van der Waals surface area contributed by atoms with Crippen LogP contribution in [-0.4, -0.2) is 14.5 Å². The molecule has 22 heavy (non-hydrogen) atoms. The molecule has 1 aliphatic carbocycles. The van der Waals surface area contributed by atoms with Crippen LogP contribution in [0.4, 0.5) is 0 Å². The molecule has 0 spiro atoms. The molecule has 1 aromatic carbocycles. The summed E-state index contributed by atoms with van der Waals surface area (Å²) in [5, 5.41) is 0. The fraction of sp³-hybridized carbons (Fsp3) is 0.263. The Balaban J connectivity index is 1.83. The fourth-order valence-electron chi connectivity index (χ4n) is 2.83. The molecule has 1 fully saturated rings. The molecule has 3 aromatic rings. The monoisotopic (exact) mass is 289 g/mol. The minimum Gasteiger partial charge on any atom is -0.330 e. The van der Waals surface area contributed by atoms with Crippen molar-refractivity contribution in [3.05, 3.63) is 60.7 Å². The van der Waals surface area contributed by atoms with Crippen molar-refractivity contribution < 1.29 is 0 Å². The van der Waals surface area contributed by atoms with Gasteiger partial charge in [-0.2, -0.15) is 0 Å². The molecule has 2 aromatic heterocycles. The number of aromatic nitrogens is 3. The fourth-order valence-corrected chi connectivity index (χ4v) is 2.83. The molecule has 0 unspecified atom stereocenters. The smallest absolute Gasteiger partial charge is 0.0963 e. The quantitative estimate of drug-likeness (QED) is 0.715. The van der Waals surface area contributed by atoms with Crippen LogP contribution in [0, 0.1) is 12.8 Å². The van der Waals surface area contributed by atoms with Crippen molar-refractivity contribution in [2.24, 2.45) is 5.92 Å². The average molecular weight is 289 g/mol. The van der Waals surface area contributed by atoms with Gasteiger partial charge in [0.05, 0.1) is 17.7 Å². The summed E-state index contributed by atoms with van der Waals surface area (Å²) in [6.45, 7) is 3.18. The molecule has 0 bridgehead atoms. The number of hydrogen-bond donors (Lipinski definition) is 0. The first-order valence-electron chi connectivity index (χ1n) is 7.84. The number of pyridine rings is 1. The molecule has 1 saturated carbocycles. The molecule has 1 aliphatic rings. The van der Waals surface area contributed by atoms with Crippen LogP contribution in [0.1, 0.15) is 18.4 Å². The van der Waals surface area contributed by atoms with E-state index in [4.69, 9.17) is 4.98 Å². The van der Waals surface area contributed by atoms with Crippen molar-refractivity contribution in [1.82, 2.24) is 14.5 Å². The Labute approximate surface area is 130 Å². The molecule has 2 heterocycles. The molecular formula is C19H19N3. The maximum absolute atomic E-state index is 4.72. The van der Waals surface area contributed by atoms with Crippen LogP contribution in [0.5, 0.6) is 0 Å². The van der Waals surface area contributed by atoms with E-state index in [2.05, 4.69) is 52.9 Å². The van der Waals surface area contributed by atoms with Crippen molar-refractivity contribution in [3.63, 3.8) is 0 Å². The molecule has 3 heteroatoms. The summed E-state index contributed by atoms with van der Waals surface area (Å²) >= 11 is 0. The van der Waals surface area contributed by atoms with Gasteiger partial charge < -0.3 is 4.57 Å². The summed E-state index contributed by atoms with van der Waals surface area (Å²) < 4.78 is 2.31. The topological polar surface area (TPSA) is 30.7 Å². The van der Waals surface area contributed by atoms with Gasteiger partial charge in [0.15, 0.2) is 0 Å². The number of rotatable bonds is 4. The largest absolute Gasteiger partial charge is 0.330 e. The summed E-state index contributed by atoms with van der Waals surface area (Å²) in [4.78, 5) is 8.86. The van der Waals surface area contributed by atoms with Gasteiger partial charge in [0.1, 0.15) is 0 Å². The highest BCUT2D eigenvalue weighted by Crippen LogP contribution is 2.36. The van der Waals surface area contributed by atoms with Crippen molar-refractivity contribution in [2.45, 2.75) is 26.3 Å². The van der Waals surface area contributed by atoms with Crippen LogP contribution in [-0.2, 0) is 6.54 Å². The first kappa shape index (κ1) is 13.3. The van der Waals surface area contributed by atoms with Crippen LogP contribution in [0.3, 0.4) is 0 Å². The van der Waals surface area contributed by atoms with Gasteiger partial charge >= 0.3 is 0 Å². The first-order chi connectivity index (χ1) is 10.8. The van der Waals surface area contributed by atoms with E-state index in [1.54, 1.807) is 0 Å². The third-order valence-electron chi connectivity index (χ3n) is 4.27. The van der Waals surface area contributed by atoms with Crippen LogP contribution in [0.15, 0.2) is 55.1 Å². The number of hydrogen-bond acceptors (Lipinski definition) is 2. The highest BCUT2D eigenvalue weighted by molar-refractivity contribution is 5.78. The molecule has 0 saturated heterocycles. The second-order valence-electron chi connectivity index (χ2n) is 6.14. The highest BCUT2D eigenvalue weighted by Gasteiger charge is 2.24. The lowest BCUT2D eigenvalue weighted by atomic mass is 10.0. The zero-order valence-corrected chi connectivity index (χ0v) is 12.7. The maximum Gasteiger partial charge on any atom is 0.0963 e. The SMILES string of the molecule is Cc1ccc(-c2ncn(CC3CC3)c2-c2ccncc2)cc1. The van der Waals surface area contributed by atoms with Crippen molar-refractivity contribution in [3.8, 4) is 22.5 Å². The minimum absolute atomic E-state index is 0.820. The number of nitrogens with zero attached hydrogens (tertiary/aromatic N) is 3. The predicted octanol–water partition coefficient (Wildman–Crippen LogP) is 4.33. The highest BCUT2D eigenvalue weighted by atomic mass is 15.1. The van der Waals surface area contributed by atoms with Crippen LogP contribution in [0.25, 0.3) is 22.5 Å². The summed E-state index contributed by atoms with van der Waals surface area (Å²) in [6.07, 6.45) is 8.37. The third kappa shape index (κ3) is 2.54. The first-order valence-corrected chi connectivity index (χ1v) is 7.84. The van der Waals surface area contributed by atoms with E-state index in [1.165, 1.54) is 35.2 Å². The third-order valence-corrected chi connectivity index (χ3v) is 4.27. The molecule has 0 radical (unpaired) electrons. The van der Waals surface area contributed by atoms with Gasteiger partial charge in [-0.15, -0.1) is 0 Å². The summed E-state index contributed by atoms with van der Waals surface area (Å²) in [6, 6.07) is 12.7. The molecule has 0 aliphatic heterocycles. The van der Waals surface area contributed by atoms with Gasteiger partial charge in [0.25, 0.3) is 0 Å². The Morgan fingerprint density at radius 1 is 1.00 bits per heavy atom. The molecule has 0 amide bonds. The molecule has 0 N–H and O–H groups in total. The van der Waals surface area contributed by atoms with Crippen LogP contribution >= 0.6 is 0 Å². The van der Waals surface area contributed by atoms with Crippen LogP contribution in [0.2, 0.25) is 0 Å². The Bertz CT molecular complexity index is 768. The van der Waals surface area contributed by atoms with E-state index in [1.807, 2.05) is 18.7 Å². The normalized spacial score (nSPS) is 14.2. The van der Waals surface area contributed by atoms with Gasteiger partial charge in [-0.25, -0.2) is 4.98 Å². The maximum atomic E-state index is 4.72. The van der Waals surface area contributed by atoms with E-state index in [0.29, 0.717) is 0 Å². The lowest BCUT2D eigenvalue weighted by molar-refractivity contribution is 0.631. The lowest BCUT2D eigenvalue weighted by Crippen LogP contribution is -2.01. The van der Waals surface area contributed by atoms with Gasteiger partial charge in [-0.3, -0.25) is 4.98 Å². The van der Waals surface area contributed by atoms with Crippen molar-refractivity contribution in [1.29, 1.82) is 0 Å². The summed E-state index contributed by atoms with van der Waals surface area (Å²) in [7, 11) is 0. The Hall–Kier alpha value is -2.42. The number of benzene rings is 1. The lowest BCUT2D eigenvalue weighted by Gasteiger charge is -2.10. The zero-order chi connectivity index (χ0) is 14.9. The van der Waals surface area contributed by atoms with Crippen molar-refractivity contribution >= 4 is 0 Å². The second kappa shape index (κ2) is 5.41. The zero-order valence-electron chi connectivity index (χ0n) is 12.7. The Kier molecular flexibility index (Phi) is 3.26. The predicted molar refractivity (Wildman–Crippen MR) is 88.4 cm³/mol. The summed E-state index contributed by atoms with van der Waals surface area (Å²) in [5.74, 6) is 0.820. The molecule has 0 atom stereocenters. The van der Waals surface area contributed by atoms with Crippen molar-refractivity contribution in [2.75, 3.05) is 0 Å². The summed E-state index contributed by atoms with van der Waals surface area (Å²) in [5.41, 5.74) is 5.90. The van der Waals surface area contributed by atoms with E-state index in [-0.39, 0.29) is 0 Å². The van der Waals surface area contributed by atoms with E-state index >= 15 is 0 Å². The number of imidazole rings is 1. The van der Waals surface area contributed by atoms with Gasteiger partial charge in [0, 0.05) is 30.1 Å². The van der Waals surface area contributed by atoms with Crippen LogP contribution < -0.4 is 0 Å². The van der Waals surface area contributed by atoms with Gasteiger partial charge in [-0.05, 0) is 37.8 Å². The molecule has 4 rings (SSSR count). The van der Waals surface area contributed by atoms with E-state index in [9.17, 15) is 0 Å². The molecular weight excluding hydrogens is 270 g/mol. The standard InChI is InChI=1S/C19H19N3/c1-14-2-6-16(7-3-14)18-19(17-8-10-20-11-9-17)22(13-21-18)12-15-4-5-15/h2-3,6-11,13,15H,4-5,12H2,1H3. The van der Waals surface area contributed by atoms with E-state index in [0.717, 1.165) is 18.2 Å². The molecule has 3 nitrogen and oxygen atoms in total. The Morgan fingerprint density at radius 2 is 1.73 bits per heavy atom. The van der Waals surface area contributed by atoms with E-state index < -0.39 is 0 Å². The average Bonchev–Trinajstić information content (AvgIpc) is 3.27.